The Balaban J connectivity index is 1.71. The van der Waals surface area contributed by atoms with Gasteiger partial charge in [0.05, 0.1) is 19.1 Å². The predicted octanol–water partition coefficient (Wildman–Crippen LogP) is 3.77. The van der Waals surface area contributed by atoms with Crippen LogP contribution in [-0.4, -0.2) is 43.2 Å². The van der Waals surface area contributed by atoms with Gasteiger partial charge in [0.25, 0.3) is 0 Å². The zero-order valence-electron chi connectivity index (χ0n) is 15.1. The molecule has 1 aliphatic rings. The third kappa shape index (κ3) is 6.16. The standard InChI is InChI=1S/C20H29NO4/c1-2-16(20(23)24)6-4-3-5-7-19(22)17-8-10-18(11-9-17)21-12-14-25-15-13-21/h8-11,16H,2-7,12-15H2,1H3,(H,23,24). The summed E-state index contributed by atoms with van der Waals surface area (Å²) in [7, 11) is 0. The third-order valence-electron chi connectivity index (χ3n) is 4.86. The van der Waals surface area contributed by atoms with Gasteiger partial charge < -0.3 is 14.7 Å². The van der Waals surface area contributed by atoms with E-state index in [-0.39, 0.29) is 11.7 Å². The van der Waals surface area contributed by atoms with Gasteiger partial charge in [0, 0.05) is 30.8 Å². The summed E-state index contributed by atoms with van der Waals surface area (Å²) < 4.78 is 5.35. The van der Waals surface area contributed by atoms with Gasteiger partial charge in [-0.05, 0) is 43.5 Å². The Hall–Kier alpha value is -1.88. The fraction of sp³-hybridized carbons (Fsp3) is 0.600. The number of hydrogen-bond acceptors (Lipinski definition) is 4. The molecule has 1 fully saturated rings. The van der Waals surface area contributed by atoms with Crippen LogP contribution in [0.25, 0.3) is 0 Å². The number of carbonyl (C=O) groups excluding carboxylic acids is 1. The SMILES string of the molecule is CCC(CCCCCC(=O)c1ccc(N2CCOCC2)cc1)C(=O)O. The molecule has 1 aliphatic heterocycles. The number of ether oxygens (including phenoxy) is 1. The number of carbonyl (C=O) groups is 2. The predicted molar refractivity (Wildman–Crippen MR) is 98.3 cm³/mol. The lowest BCUT2D eigenvalue weighted by Gasteiger charge is -2.28. The van der Waals surface area contributed by atoms with Crippen LogP contribution in [0.15, 0.2) is 24.3 Å². The molecule has 138 valence electrons. The van der Waals surface area contributed by atoms with Crippen molar-refractivity contribution in [3.8, 4) is 0 Å². The average molecular weight is 347 g/mol. The smallest absolute Gasteiger partial charge is 0.306 e. The molecule has 0 bridgehead atoms. The number of Topliss-reactive ketones (excluding diaryl/α,β-unsaturated/α-hetero) is 1. The summed E-state index contributed by atoms with van der Waals surface area (Å²) in [5.41, 5.74) is 1.90. The van der Waals surface area contributed by atoms with Crippen LogP contribution in [-0.2, 0) is 9.53 Å². The Kier molecular flexibility index (Phi) is 7.92. The lowest BCUT2D eigenvalue weighted by molar-refractivity contribution is -0.142. The minimum absolute atomic E-state index is 0.166. The number of morpholine rings is 1. The van der Waals surface area contributed by atoms with E-state index in [0.29, 0.717) is 19.3 Å². The Morgan fingerprint density at radius 1 is 1.12 bits per heavy atom. The van der Waals surface area contributed by atoms with Gasteiger partial charge in [-0.15, -0.1) is 0 Å². The highest BCUT2D eigenvalue weighted by molar-refractivity contribution is 5.96. The molecule has 0 saturated carbocycles. The number of benzene rings is 1. The quantitative estimate of drug-likeness (QED) is 0.515. The monoisotopic (exact) mass is 347 g/mol. The maximum Gasteiger partial charge on any atom is 0.306 e. The van der Waals surface area contributed by atoms with Crippen molar-refractivity contribution in [1.82, 2.24) is 0 Å². The second-order valence-electron chi connectivity index (χ2n) is 6.61. The van der Waals surface area contributed by atoms with Gasteiger partial charge in [-0.1, -0.05) is 19.8 Å². The number of aliphatic carboxylic acids is 1. The molecule has 1 unspecified atom stereocenters. The number of unbranched alkanes of at least 4 members (excludes halogenated alkanes) is 2. The van der Waals surface area contributed by atoms with Crippen LogP contribution < -0.4 is 4.90 Å². The van der Waals surface area contributed by atoms with Crippen molar-refractivity contribution in [3.63, 3.8) is 0 Å². The van der Waals surface area contributed by atoms with E-state index in [1.807, 2.05) is 31.2 Å². The Morgan fingerprint density at radius 2 is 1.80 bits per heavy atom. The fourth-order valence-corrected chi connectivity index (χ4v) is 3.18. The highest BCUT2D eigenvalue weighted by Gasteiger charge is 2.14. The van der Waals surface area contributed by atoms with Gasteiger partial charge in [-0.3, -0.25) is 9.59 Å². The number of carboxylic acid groups (broad SMARTS) is 1. The fourth-order valence-electron chi connectivity index (χ4n) is 3.18. The Bertz CT molecular complexity index is 549. The van der Waals surface area contributed by atoms with Crippen molar-refractivity contribution >= 4 is 17.4 Å². The maximum absolute atomic E-state index is 12.3. The molecule has 1 aromatic carbocycles. The molecule has 0 spiro atoms. The molecule has 2 rings (SSSR count). The zero-order valence-corrected chi connectivity index (χ0v) is 15.1. The number of rotatable bonds is 10. The Labute approximate surface area is 150 Å². The summed E-state index contributed by atoms with van der Waals surface area (Å²) in [5.74, 6) is -0.791. The molecule has 1 saturated heterocycles. The van der Waals surface area contributed by atoms with Crippen LogP contribution in [0, 0.1) is 5.92 Å². The van der Waals surface area contributed by atoms with Gasteiger partial charge in [0.1, 0.15) is 0 Å². The van der Waals surface area contributed by atoms with E-state index in [0.717, 1.165) is 56.8 Å². The summed E-state index contributed by atoms with van der Waals surface area (Å²) in [6.45, 7) is 5.19. The molecule has 1 atom stereocenters. The summed E-state index contributed by atoms with van der Waals surface area (Å²) >= 11 is 0. The van der Waals surface area contributed by atoms with Crippen LogP contribution in [0.1, 0.15) is 55.8 Å². The minimum Gasteiger partial charge on any atom is -0.481 e. The number of nitrogens with zero attached hydrogens (tertiary/aromatic N) is 1. The number of carboxylic acids is 1. The first-order valence-corrected chi connectivity index (χ1v) is 9.30. The van der Waals surface area contributed by atoms with Crippen LogP contribution in [0.3, 0.4) is 0 Å². The molecule has 5 nitrogen and oxygen atoms in total. The molecule has 0 radical (unpaired) electrons. The van der Waals surface area contributed by atoms with Crippen molar-refractivity contribution in [3.05, 3.63) is 29.8 Å². The van der Waals surface area contributed by atoms with Crippen molar-refractivity contribution in [2.75, 3.05) is 31.2 Å². The number of hydrogen-bond donors (Lipinski definition) is 1. The van der Waals surface area contributed by atoms with Gasteiger partial charge in [0.2, 0.25) is 0 Å². The summed E-state index contributed by atoms with van der Waals surface area (Å²) in [6.07, 6.45) is 4.49. The van der Waals surface area contributed by atoms with Gasteiger partial charge in [0.15, 0.2) is 5.78 Å². The van der Waals surface area contributed by atoms with Crippen LogP contribution in [0.4, 0.5) is 5.69 Å². The lowest BCUT2D eigenvalue weighted by atomic mass is 9.97. The van der Waals surface area contributed by atoms with Crippen molar-refractivity contribution < 1.29 is 19.4 Å². The van der Waals surface area contributed by atoms with Crippen LogP contribution in [0.2, 0.25) is 0 Å². The van der Waals surface area contributed by atoms with Gasteiger partial charge in [-0.25, -0.2) is 0 Å². The van der Waals surface area contributed by atoms with Crippen molar-refractivity contribution in [2.24, 2.45) is 5.92 Å². The first-order valence-electron chi connectivity index (χ1n) is 9.30. The molecule has 1 aromatic rings. The highest BCUT2D eigenvalue weighted by atomic mass is 16.5. The third-order valence-corrected chi connectivity index (χ3v) is 4.86. The van der Waals surface area contributed by atoms with E-state index in [1.54, 1.807) is 0 Å². The zero-order chi connectivity index (χ0) is 18.1. The lowest BCUT2D eigenvalue weighted by Crippen LogP contribution is -2.36. The largest absolute Gasteiger partial charge is 0.481 e. The summed E-state index contributed by atoms with van der Waals surface area (Å²) in [6, 6.07) is 7.84. The van der Waals surface area contributed by atoms with Crippen LogP contribution >= 0.6 is 0 Å². The normalized spacial score (nSPS) is 15.8. The average Bonchev–Trinajstić information content (AvgIpc) is 2.65. The molecule has 0 amide bonds. The number of ketones is 1. The van der Waals surface area contributed by atoms with Crippen molar-refractivity contribution in [1.29, 1.82) is 0 Å². The molecule has 1 N–H and O–H groups in total. The van der Waals surface area contributed by atoms with Crippen molar-refractivity contribution in [2.45, 2.75) is 45.4 Å². The molecule has 1 heterocycles. The van der Waals surface area contributed by atoms with Crippen LogP contribution in [0.5, 0.6) is 0 Å². The molecular weight excluding hydrogens is 318 g/mol. The van der Waals surface area contributed by atoms with Gasteiger partial charge in [-0.2, -0.15) is 0 Å². The molecule has 5 heteroatoms. The minimum atomic E-state index is -0.709. The Morgan fingerprint density at radius 3 is 2.40 bits per heavy atom. The first kappa shape index (κ1) is 19.4. The van der Waals surface area contributed by atoms with E-state index >= 15 is 0 Å². The van der Waals surface area contributed by atoms with E-state index in [4.69, 9.17) is 9.84 Å². The highest BCUT2D eigenvalue weighted by Crippen LogP contribution is 2.19. The molecule has 0 aromatic heterocycles. The second-order valence-corrected chi connectivity index (χ2v) is 6.61. The summed E-state index contributed by atoms with van der Waals surface area (Å²) in [4.78, 5) is 25.5. The summed E-state index contributed by atoms with van der Waals surface area (Å²) in [5, 5.41) is 9.02. The topological polar surface area (TPSA) is 66.8 Å². The van der Waals surface area contributed by atoms with E-state index in [1.165, 1.54) is 0 Å². The molecule has 25 heavy (non-hydrogen) atoms. The van der Waals surface area contributed by atoms with Gasteiger partial charge >= 0.3 is 5.97 Å². The first-order chi connectivity index (χ1) is 12.1. The van der Waals surface area contributed by atoms with E-state index < -0.39 is 5.97 Å². The molecular formula is C20H29NO4. The van der Waals surface area contributed by atoms with E-state index in [9.17, 15) is 9.59 Å². The van der Waals surface area contributed by atoms with E-state index in [2.05, 4.69) is 4.90 Å². The number of anilines is 1. The second kappa shape index (κ2) is 10.2. The maximum atomic E-state index is 12.3. The molecule has 0 aliphatic carbocycles.